The molecule has 4 heteroatoms. The maximum Gasteiger partial charge on any atom is 0.227 e. The molecule has 1 heterocycles. The van der Waals surface area contributed by atoms with Gasteiger partial charge in [-0.05, 0) is 32.4 Å². The standard InChI is InChI=1S/C14H29N3O/c1-10(2)6-12(7-15)14(18)17-8-11(3)13(9-17)16(4)5/h10-13H,6-9,15H2,1-5H3. The molecule has 106 valence electrons. The van der Waals surface area contributed by atoms with Gasteiger partial charge in [-0.15, -0.1) is 0 Å². The third-order valence-electron chi connectivity index (χ3n) is 3.94. The van der Waals surface area contributed by atoms with Crippen LogP contribution in [0.4, 0.5) is 0 Å². The van der Waals surface area contributed by atoms with Crippen LogP contribution in [0.3, 0.4) is 0 Å². The number of hydrogen-bond acceptors (Lipinski definition) is 3. The summed E-state index contributed by atoms with van der Waals surface area (Å²) >= 11 is 0. The van der Waals surface area contributed by atoms with Gasteiger partial charge in [-0.2, -0.15) is 0 Å². The van der Waals surface area contributed by atoms with Crippen molar-refractivity contribution in [2.24, 2.45) is 23.5 Å². The third kappa shape index (κ3) is 3.69. The molecule has 0 aromatic heterocycles. The van der Waals surface area contributed by atoms with E-state index in [0.29, 0.717) is 24.4 Å². The van der Waals surface area contributed by atoms with Crippen molar-refractivity contribution in [1.82, 2.24) is 9.80 Å². The maximum atomic E-state index is 12.5. The molecule has 1 aliphatic heterocycles. The minimum absolute atomic E-state index is 0.00175. The van der Waals surface area contributed by atoms with Gasteiger partial charge in [-0.1, -0.05) is 20.8 Å². The topological polar surface area (TPSA) is 49.6 Å². The zero-order valence-corrected chi connectivity index (χ0v) is 12.5. The predicted octanol–water partition coefficient (Wildman–Crippen LogP) is 1.02. The summed E-state index contributed by atoms with van der Waals surface area (Å²) in [7, 11) is 4.17. The Morgan fingerprint density at radius 3 is 2.39 bits per heavy atom. The summed E-state index contributed by atoms with van der Waals surface area (Å²) < 4.78 is 0. The molecule has 1 amide bonds. The SMILES string of the molecule is CC(C)CC(CN)C(=O)N1CC(C)C(N(C)C)C1. The molecule has 0 bridgehead atoms. The van der Waals surface area contributed by atoms with Crippen LogP contribution in [0.2, 0.25) is 0 Å². The third-order valence-corrected chi connectivity index (χ3v) is 3.94. The molecule has 0 aromatic rings. The average Bonchev–Trinajstić information content (AvgIpc) is 2.67. The van der Waals surface area contributed by atoms with Crippen LogP contribution < -0.4 is 5.73 Å². The van der Waals surface area contributed by atoms with Crippen molar-refractivity contribution >= 4 is 5.91 Å². The van der Waals surface area contributed by atoms with Gasteiger partial charge in [0.25, 0.3) is 0 Å². The van der Waals surface area contributed by atoms with Crippen molar-refractivity contribution in [3.8, 4) is 0 Å². The van der Waals surface area contributed by atoms with Crippen LogP contribution in [-0.2, 0) is 4.79 Å². The first-order chi connectivity index (χ1) is 8.36. The Bertz CT molecular complexity index is 278. The summed E-state index contributed by atoms with van der Waals surface area (Å²) in [6.07, 6.45) is 0.896. The zero-order chi connectivity index (χ0) is 13.9. The van der Waals surface area contributed by atoms with E-state index < -0.39 is 0 Å². The van der Waals surface area contributed by atoms with E-state index in [1.165, 1.54) is 0 Å². The molecule has 4 nitrogen and oxygen atoms in total. The normalized spacial score (nSPS) is 26.1. The molecule has 0 aliphatic carbocycles. The predicted molar refractivity (Wildman–Crippen MR) is 75.2 cm³/mol. The number of amides is 1. The van der Waals surface area contributed by atoms with E-state index in [2.05, 4.69) is 39.8 Å². The van der Waals surface area contributed by atoms with Gasteiger partial charge in [-0.3, -0.25) is 4.79 Å². The Labute approximate surface area is 111 Å². The average molecular weight is 255 g/mol. The highest BCUT2D eigenvalue weighted by Gasteiger charge is 2.35. The first-order valence-electron chi connectivity index (χ1n) is 7.02. The van der Waals surface area contributed by atoms with Crippen LogP contribution in [0.5, 0.6) is 0 Å². The maximum absolute atomic E-state index is 12.5. The Morgan fingerprint density at radius 1 is 1.39 bits per heavy atom. The van der Waals surface area contributed by atoms with E-state index in [-0.39, 0.29) is 11.8 Å². The number of hydrogen-bond donors (Lipinski definition) is 1. The molecule has 2 N–H and O–H groups in total. The van der Waals surface area contributed by atoms with Crippen LogP contribution in [0, 0.1) is 17.8 Å². The smallest absolute Gasteiger partial charge is 0.227 e. The number of rotatable bonds is 5. The summed E-state index contributed by atoms with van der Waals surface area (Å²) in [6.45, 7) is 8.70. The van der Waals surface area contributed by atoms with E-state index >= 15 is 0 Å². The number of likely N-dealkylation sites (N-methyl/N-ethyl adjacent to an activating group) is 1. The van der Waals surface area contributed by atoms with Gasteiger partial charge in [0.15, 0.2) is 0 Å². The number of likely N-dealkylation sites (tertiary alicyclic amines) is 1. The molecule has 3 atom stereocenters. The Morgan fingerprint density at radius 2 is 2.00 bits per heavy atom. The quantitative estimate of drug-likeness (QED) is 0.798. The van der Waals surface area contributed by atoms with Crippen LogP contribution in [0.25, 0.3) is 0 Å². The lowest BCUT2D eigenvalue weighted by Crippen LogP contribution is -2.40. The molecule has 1 fully saturated rings. The highest BCUT2D eigenvalue weighted by atomic mass is 16.2. The minimum atomic E-state index is -0.00175. The Kier molecular flexibility index (Phi) is 5.60. The second kappa shape index (κ2) is 6.53. The first kappa shape index (κ1) is 15.4. The van der Waals surface area contributed by atoms with Crippen molar-refractivity contribution in [2.45, 2.75) is 33.2 Å². The summed E-state index contributed by atoms with van der Waals surface area (Å²) in [5, 5.41) is 0. The number of nitrogens with zero attached hydrogens (tertiary/aromatic N) is 2. The number of carbonyl (C=O) groups is 1. The molecular weight excluding hydrogens is 226 g/mol. The summed E-state index contributed by atoms with van der Waals surface area (Å²) in [5.74, 6) is 1.31. The van der Waals surface area contributed by atoms with Crippen LogP contribution in [-0.4, -0.2) is 55.5 Å². The monoisotopic (exact) mass is 255 g/mol. The number of nitrogens with two attached hydrogens (primary N) is 1. The van der Waals surface area contributed by atoms with Crippen LogP contribution >= 0.6 is 0 Å². The summed E-state index contributed by atoms with van der Waals surface area (Å²) in [6, 6.07) is 0.478. The lowest BCUT2D eigenvalue weighted by atomic mass is 9.96. The van der Waals surface area contributed by atoms with Gasteiger partial charge in [0.2, 0.25) is 5.91 Å². The van der Waals surface area contributed by atoms with Crippen LogP contribution in [0.1, 0.15) is 27.2 Å². The molecule has 1 rings (SSSR count). The van der Waals surface area contributed by atoms with Gasteiger partial charge < -0.3 is 15.5 Å². The zero-order valence-electron chi connectivity index (χ0n) is 12.5. The fourth-order valence-electron chi connectivity index (χ4n) is 2.93. The van der Waals surface area contributed by atoms with Crippen molar-refractivity contribution in [3.05, 3.63) is 0 Å². The van der Waals surface area contributed by atoms with Crippen LogP contribution in [0.15, 0.2) is 0 Å². The van der Waals surface area contributed by atoms with E-state index in [4.69, 9.17) is 5.73 Å². The summed E-state index contributed by atoms with van der Waals surface area (Å²) in [5.41, 5.74) is 5.76. The molecule has 3 unspecified atom stereocenters. The Balaban J connectivity index is 2.62. The lowest BCUT2D eigenvalue weighted by molar-refractivity contribution is -0.134. The fourth-order valence-corrected chi connectivity index (χ4v) is 2.93. The molecule has 0 saturated carbocycles. The van der Waals surface area contributed by atoms with E-state index in [0.717, 1.165) is 19.5 Å². The molecule has 18 heavy (non-hydrogen) atoms. The largest absolute Gasteiger partial charge is 0.341 e. The summed E-state index contributed by atoms with van der Waals surface area (Å²) in [4.78, 5) is 16.7. The Hall–Kier alpha value is -0.610. The highest BCUT2D eigenvalue weighted by molar-refractivity contribution is 5.79. The number of carbonyl (C=O) groups excluding carboxylic acids is 1. The molecule has 0 radical (unpaired) electrons. The molecule has 0 aromatic carbocycles. The molecule has 1 aliphatic rings. The fraction of sp³-hybridized carbons (Fsp3) is 0.929. The van der Waals surface area contributed by atoms with E-state index in [1.807, 2.05) is 4.90 Å². The van der Waals surface area contributed by atoms with Gasteiger partial charge >= 0.3 is 0 Å². The van der Waals surface area contributed by atoms with Crippen molar-refractivity contribution in [1.29, 1.82) is 0 Å². The van der Waals surface area contributed by atoms with Gasteiger partial charge in [-0.25, -0.2) is 0 Å². The molecule has 1 saturated heterocycles. The molecule has 0 spiro atoms. The molecular formula is C14H29N3O. The van der Waals surface area contributed by atoms with Gasteiger partial charge in [0.1, 0.15) is 0 Å². The second-order valence-corrected chi connectivity index (χ2v) is 6.31. The van der Waals surface area contributed by atoms with E-state index in [1.54, 1.807) is 0 Å². The van der Waals surface area contributed by atoms with E-state index in [9.17, 15) is 4.79 Å². The second-order valence-electron chi connectivity index (χ2n) is 6.31. The first-order valence-corrected chi connectivity index (χ1v) is 7.02. The van der Waals surface area contributed by atoms with Gasteiger partial charge in [0, 0.05) is 25.7 Å². The highest BCUT2D eigenvalue weighted by Crippen LogP contribution is 2.23. The minimum Gasteiger partial charge on any atom is -0.341 e. The van der Waals surface area contributed by atoms with Gasteiger partial charge in [0.05, 0.1) is 5.92 Å². The van der Waals surface area contributed by atoms with Crippen molar-refractivity contribution in [2.75, 3.05) is 33.7 Å². The lowest BCUT2D eigenvalue weighted by Gasteiger charge is -2.25. The van der Waals surface area contributed by atoms with Crippen molar-refractivity contribution in [3.63, 3.8) is 0 Å². The van der Waals surface area contributed by atoms with Crippen molar-refractivity contribution < 1.29 is 4.79 Å².